The molecule has 0 spiro atoms. The summed E-state index contributed by atoms with van der Waals surface area (Å²) in [7, 11) is 3.54. The second kappa shape index (κ2) is 10.5. The summed E-state index contributed by atoms with van der Waals surface area (Å²) < 4.78 is 14.4. The van der Waals surface area contributed by atoms with Crippen molar-refractivity contribution >= 4 is 11.8 Å². The molecule has 7 heteroatoms. The van der Waals surface area contributed by atoms with E-state index in [-0.39, 0.29) is 24.8 Å². The second-order valence-corrected chi connectivity index (χ2v) is 8.39. The van der Waals surface area contributed by atoms with Crippen LogP contribution in [0, 0.1) is 27.7 Å². The highest BCUT2D eigenvalue weighted by Gasteiger charge is 2.18. The van der Waals surface area contributed by atoms with Gasteiger partial charge in [0.05, 0.1) is 12.8 Å². The Balaban J connectivity index is 1.54. The molecular weight excluding hydrogens is 418 g/mol. The van der Waals surface area contributed by atoms with Crippen LogP contribution in [0.2, 0.25) is 0 Å². The number of carbonyl (C=O) groups excluding carboxylic acids is 2. The molecule has 176 valence electrons. The first kappa shape index (κ1) is 24.3. The number of benzene rings is 1. The summed E-state index contributed by atoms with van der Waals surface area (Å²) in [5.41, 5.74) is 6.72. The number of methoxy groups -OCH3 is 1. The lowest BCUT2D eigenvalue weighted by Crippen LogP contribution is -2.15. The van der Waals surface area contributed by atoms with E-state index in [9.17, 15) is 9.59 Å². The van der Waals surface area contributed by atoms with Crippen LogP contribution >= 0.6 is 0 Å². The van der Waals surface area contributed by atoms with Gasteiger partial charge in [-0.15, -0.1) is 0 Å². The van der Waals surface area contributed by atoms with Gasteiger partial charge in [0.1, 0.15) is 5.75 Å². The summed E-state index contributed by atoms with van der Waals surface area (Å²) in [5.74, 6) is 0.278. The quantitative estimate of drug-likeness (QED) is 0.343. The highest BCUT2D eigenvalue weighted by atomic mass is 16.5. The molecule has 33 heavy (non-hydrogen) atoms. The number of ether oxygens (including phenoxy) is 2. The molecule has 7 nitrogen and oxygen atoms in total. The van der Waals surface area contributed by atoms with E-state index in [1.165, 1.54) is 5.56 Å². The molecule has 0 aliphatic carbocycles. The zero-order valence-corrected chi connectivity index (χ0v) is 20.4. The lowest BCUT2D eigenvalue weighted by molar-refractivity contribution is -0.142. The van der Waals surface area contributed by atoms with Gasteiger partial charge in [-0.25, -0.2) is 0 Å². The molecular formula is C26H33N3O4. The Kier molecular flexibility index (Phi) is 7.74. The van der Waals surface area contributed by atoms with E-state index in [0.29, 0.717) is 12.0 Å². The number of ketones is 1. The van der Waals surface area contributed by atoms with E-state index in [0.717, 1.165) is 47.1 Å². The summed E-state index contributed by atoms with van der Waals surface area (Å²) >= 11 is 0. The maximum Gasteiger partial charge on any atom is 0.306 e. The number of rotatable bonds is 10. The van der Waals surface area contributed by atoms with Crippen LogP contribution < -0.4 is 4.74 Å². The van der Waals surface area contributed by atoms with Gasteiger partial charge in [0.25, 0.3) is 0 Å². The third kappa shape index (κ3) is 5.72. The van der Waals surface area contributed by atoms with Crippen molar-refractivity contribution in [3.8, 4) is 5.75 Å². The molecule has 0 aliphatic heterocycles. The summed E-state index contributed by atoms with van der Waals surface area (Å²) in [4.78, 5) is 25.0. The number of Topliss-reactive ketones (excluding diaryl/α,β-unsaturated/α-hetero) is 1. The molecule has 0 N–H and O–H groups in total. The van der Waals surface area contributed by atoms with Crippen LogP contribution in [0.3, 0.4) is 0 Å². The molecule has 1 aromatic carbocycles. The Bertz CT molecular complexity index is 1140. The molecule has 0 atom stereocenters. The van der Waals surface area contributed by atoms with Crippen LogP contribution in [-0.2, 0) is 36.0 Å². The van der Waals surface area contributed by atoms with Crippen molar-refractivity contribution in [2.45, 2.75) is 53.5 Å². The Morgan fingerprint density at radius 1 is 1.00 bits per heavy atom. The van der Waals surface area contributed by atoms with Gasteiger partial charge in [-0.05, 0) is 69.9 Å². The fourth-order valence-corrected chi connectivity index (χ4v) is 4.16. The van der Waals surface area contributed by atoms with Crippen molar-refractivity contribution in [3.05, 3.63) is 69.8 Å². The number of hydrogen-bond donors (Lipinski definition) is 0. The van der Waals surface area contributed by atoms with Crippen molar-refractivity contribution in [1.29, 1.82) is 0 Å². The molecule has 0 aliphatic rings. The van der Waals surface area contributed by atoms with E-state index >= 15 is 0 Å². The molecule has 0 saturated carbocycles. The van der Waals surface area contributed by atoms with Crippen molar-refractivity contribution in [3.63, 3.8) is 0 Å². The largest absolute Gasteiger partial charge is 0.497 e. The van der Waals surface area contributed by atoms with Gasteiger partial charge in [0.15, 0.2) is 6.61 Å². The lowest BCUT2D eigenvalue weighted by Gasteiger charge is -2.10. The Morgan fingerprint density at radius 2 is 1.70 bits per heavy atom. The van der Waals surface area contributed by atoms with E-state index in [2.05, 4.69) is 9.67 Å². The molecule has 2 heterocycles. The molecule has 0 amide bonds. The lowest BCUT2D eigenvalue weighted by atomic mass is 10.1. The molecule has 0 fully saturated rings. The maximum atomic E-state index is 12.7. The predicted molar refractivity (Wildman–Crippen MR) is 127 cm³/mol. The summed E-state index contributed by atoms with van der Waals surface area (Å²) in [5, 5.41) is 4.37. The predicted octanol–water partition coefficient (Wildman–Crippen LogP) is 4.07. The normalized spacial score (nSPS) is 11.0. The minimum atomic E-state index is -0.376. The number of hydrogen-bond acceptors (Lipinski definition) is 5. The van der Waals surface area contributed by atoms with Crippen molar-refractivity contribution in [1.82, 2.24) is 14.3 Å². The fourth-order valence-electron chi connectivity index (χ4n) is 4.16. The third-order valence-corrected chi connectivity index (χ3v) is 6.26. The highest BCUT2D eigenvalue weighted by molar-refractivity contribution is 5.99. The van der Waals surface area contributed by atoms with Crippen LogP contribution in [-0.4, -0.2) is 39.8 Å². The third-order valence-electron chi connectivity index (χ3n) is 6.26. The zero-order valence-electron chi connectivity index (χ0n) is 20.4. The summed E-state index contributed by atoms with van der Waals surface area (Å²) in [6.07, 6.45) is 1.62. The van der Waals surface area contributed by atoms with Crippen LogP contribution in [0.1, 0.15) is 50.7 Å². The van der Waals surface area contributed by atoms with Gasteiger partial charge >= 0.3 is 5.97 Å². The van der Waals surface area contributed by atoms with Crippen molar-refractivity contribution in [2.24, 2.45) is 7.05 Å². The van der Waals surface area contributed by atoms with Crippen molar-refractivity contribution in [2.75, 3.05) is 13.7 Å². The van der Waals surface area contributed by atoms with Crippen LogP contribution in [0.25, 0.3) is 0 Å². The van der Waals surface area contributed by atoms with Crippen LogP contribution in [0.15, 0.2) is 30.3 Å². The molecule has 0 unspecified atom stereocenters. The van der Waals surface area contributed by atoms with Gasteiger partial charge in [0.2, 0.25) is 5.78 Å². The van der Waals surface area contributed by atoms with Crippen LogP contribution in [0.4, 0.5) is 0 Å². The number of esters is 1. The molecule has 0 saturated heterocycles. The molecule has 0 radical (unpaired) electrons. The minimum Gasteiger partial charge on any atom is -0.497 e. The zero-order chi connectivity index (χ0) is 24.1. The average Bonchev–Trinajstić information content (AvgIpc) is 3.22. The van der Waals surface area contributed by atoms with E-state index in [1.807, 2.05) is 69.8 Å². The minimum absolute atomic E-state index is 0.180. The maximum absolute atomic E-state index is 12.7. The van der Waals surface area contributed by atoms with Gasteiger partial charge in [-0.1, -0.05) is 12.1 Å². The first-order chi connectivity index (χ1) is 15.7. The number of aromatic nitrogens is 3. The van der Waals surface area contributed by atoms with Gasteiger partial charge in [-0.2, -0.15) is 5.10 Å². The molecule has 3 rings (SSSR count). The van der Waals surface area contributed by atoms with Crippen LogP contribution in [0.5, 0.6) is 5.75 Å². The second-order valence-electron chi connectivity index (χ2n) is 8.39. The molecule has 3 aromatic rings. The Hall–Kier alpha value is -3.35. The Labute approximate surface area is 195 Å². The summed E-state index contributed by atoms with van der Waals surface area (Å²) in [6, 6.07) is 9.87. The van der Waals surface area contributed by atoms with E-state index in [4.69, 9.17) is 9.47 Å². The van der Waals surface area contributed by atoms with Gasteiger partial charge in [0, 0.05) is 42.7 Å². The highest BCUT2D eigenvalue weighted by Crippen LogP contribution is 2.19. The van der Waals surface area contributed by atoms with Gasteiger partial charge in [-0.3, -0.25) is 14.3 Å². The summed E-state index contributed by atoms with van der Waals surface area (Å²) in [6.45, 7) is 8.36. The standard InChI is InChI=1S/C26H33N3O4/c1-17-15-24(20(4)29(17)14-13-21-7-9-22(32-6)10-8-21)25(30)16-33-26(31)12-11-23-18(2)27-28(5)19(23)3/h7-10,15H,11-14,16H2,1-6H3. The first-order valence-corrected chi connectivity index (χ1v) is 11.2. The van der Waals surface area contributed by atoms with Crippen molar-refractivity contribution < 1.29 is 19.1 Å². The van der Waals surface area contributed by atoms with E-state index < -0.39 is 0 Å². The first-order valence-electron chi connectivity index (χ1n) is 11.2. The molecule has 2 aromatic heterocycles. The Morgan fingerprint density at radius 3 is 2.30 bits per heavy atom. The SMILES string of the molecule is COc1ccc(CCn2c(C)cc(C(=O)COC(=O)CCc3c(C)nn(C)c3C)c2C)cc1. The van der Waals surface area contributed by atoms with Gasteiger partial charge < -0.3 is 14.0 Å². The smallest absolute Gasteiger partial charge is 0.306 e. The molecule has 0 bridgehead atoms. The van der Waals surface area contributed by atoms with E-state index in [1.54, 1.807) is 7.11 Å². The topological polar surface area (TPSA) is 75.3 Å². The number of nitrogens with zero attached hydrogens (tertiary/aromatic N) is 3. The fraction of sp³-hybridized carbons (Fsp3) is 0.423. The monoisotopic (exact) mass is 451 g/mol. The number of carbonyl (C=O) groups is 2. The number of aryl methyl sites for hydroxylation is 4. The average molecular weight is 452 g/mol.